The molecule has 6 nitrogen and oxygen atoms in total. The molecular formula is C17H28N4O2S. The highest BCUT2D eigenvalue weighted by Crippen LogP contribution is 2.20. The molecule has 1 aromatic heterocycles. The highest BCUT2D eigenvalue weighted by Gasteiger charge is 2.30. The van der Waals surface area contributed by atoms with Crippen molar-refractivity contribution in [3.63, 3.8) is 0 Å². The van der Waals surface area contributed by atoms with Crippen LogP contribution in [-0.4, -0.2) is 51.9 Å². The number of ether oxygens (including phenoxy) is 1. The number of amides is 1. The first-order valence-electron chi connectivity index (χ1n) is 8.45. The van der Waals surface area contributed by atoms with E-state index in [1.54, 1.807) is 24.2 Å². The van der Waals surface area contributed by atoms with Gasteiger partial charge in [-0.25, -0.2) is 9.78 Å². The van der Waals surface area contributed by atoms with Crippen LogP contribution in [0.2, 0.25) is 0 Å². The van der Waals surface area contributed by atoms with Gasteiger partial charge >= 0.3 is 6.09 Å². The molecule has 7 heteroatoms. The van der Waals surface area contributed by atoms with Crippen molar-refractivity contribution in [3.8, 4) is 0 Å². The van der Waals surface area contributed by atoms with Crippen LogP contribution in [0.5, 0.6) is 0 Å². The molecule has 1 N–H and O–H groups in total. The monoisotopic (exact) mass is 352 g/mol. The molecule has 1 amide bonds. The zero-order chi connectivity index (χ0) is 17.6. The first-order valence-corrected chi connectivity index (χ1v) is 9.67. The van der Waals surface area contributed by atoms with Gasteiger partial charge in [-0.1, -0.05) is 0 Å². The van der Waals surface area contributed by atoms with Crippen LogP contribution < -0.4 is 5.32 Å². The lowest BCUT2D eigenvalue weighted by atomic mass is 10.0. The third-order valence-electron chi connectivity index (χ3n) is 3.86. The van der Waals surface area contributed by atoms with Crippen molar-refractivity contribution in [2.24, 2.45) is 0 Å². The van der Waals surface area contributed by atoms with Crippen molar-refractivity contribution < 1.29 is 9.53 Å². The smallest absolute Gasteiger partial charge is 0.410 e. The third kappa shape index (κ3) is 5.63. The van der Waals surface area contributed by atoms with Crippen LogP contribution in [0.3, 0.4) is 0 Å². The van der Waals surface area contributed by atoms with Gasteiger partial charge in [0.15, 0.2) is 0 Å². The van der Waals surface area contributed by atoms with Gasteiger partial charge in [0.05, 0.1) is 5.69 Å². The minimum absolute atomic E-state index is 0.169. The number of rotatable bonds is 5. The van der Waals surface area contributed by atoms with E-state index in [9.17, 15) is 4.79 Å². The lowest BCUT2D eigenvalue weighted by Gasteiger charge is -2.36. The molecule has 1 fully saturated rings. The van der Waals surface area contributed by atoms with Crippen molar-refractivity contribution in [2.45, 2.75) is 63.2 Å². The lowest BCUT2D eigenvalue weighted by molar-refractivity contribution is 0.00992. The standard InChI is InChI=1S/C17H28N4O2S/c1-17(2,3)23-16(22)21-10-6-5-7-13(21)11-18-12-14-15(24-4)20-9-8-19-14/h8-9,13,18H,5-7,10-12H2,1-4H3. The zero-order valence-corrected chi connectivity index (χ0v) is 15.9. The number of nitrogens with one attached hydrogen (secondary N) is 1. The van der Waals surface area contributed by atoms with Gasteiger partial charge in [0.2, 0.25) is 0 Å². The number of hydrogen-bond acceptors (Lipinski definition) is 6. The van der Waals surface area contributed by atoms with Gasteiger partial charge in [0.25, 0.3) is 0 Å². The maximum absolute atomic E-state index is 12.4. The van der Waals surface area contributed by atoms with Crippen LogP contribution in [0, 0.1) is 0 Å². The Bertz CT molecular complexity index is 548. The Hall–Kier alpha value is -1.34. The summed E-state index contributed by atoms with van der Waals surface area (Å²) in [4.78, 5) is 23.0. The molecule has 1 saturated heterocycles. The average Bonchev–Trinajstić information content (AvgIpc) is 2.54. The lowest BCUT2D eigenvalue weighted by Crippen LogP contribution is -2.50. The number of piperidine rings is 1. The molecule has 1 aliphatic rings. The molecule has 1 aromatic rings. The quantitative estimate of drug-likeness (QED) is 0.822. The maximum atomic E-state index is 12.4. The van der Waals surface area contributed by atoms with E-state index in [1.165, 1.54) is 0 Å². The summed E-state index contributed by atoms with van der Waals surface area (Å²) in [6, 6.07) is 0.169. The summed E-state index contributed by atoms with van der Waals surface area (Å²) in [5.41, 5.74) is 0.490. The normalized spacial score (nSPS) is 18.5. The molecule has 24 heavy (non-hydrogen) atoms. The van der Waals surface area contributed by atoms with Crippen molar-refractivity contribution in [1.82, 2.24) is 20.2 Å². The van der Waals surface area contributed by atoms with Crippen molar-refractivity contribution in [2.75, 3.05) is 19.3 Å². The molecule has 0 aliphatic carbocycles. The summed E-state index contributed by atoms with van der Waals surface area (Å²) in [5.74, 6) is 0. The minimum Gasteiger partial charge on any atom is -0.444 e. The Balaban J connectivity index is 1.90. The molecule has 1 atom stereocenters. The third-order valence-corrected chi connectivity index (χ3v) is 4.58. The summed E-state index contributed by atoms with van der Waals surface area (Å²) in [6.45, 7) is 7.87. The number of likely N-dealkylation sites (tertiary alicyclic amines) is 1. The van der Waals surface area contributed by atoms with E-state index in [1.807, 2.05) is 31.9 Å². The number of aromatic nitrogens is 2. The van der Waals surface area contributed by atoms with E-state index in [4.69, 9.17) is 4.74 Å². The van der Waals surface area contributed by atoms with Gasteiger partial charge in [0.1, 0.15) is 10.6 Å². The molecule has 2 rings (SSSR count). The van der Waals surface area contributed by atoms with Crippen LogP contribution in [0.1, 0.15) is 45.7 Å². The maximum Gasteiger partial charge on any atom is 0.410 e. The Morgan fingerprint density at radius 2 is 2.12 bits per heavy atom. The number of carbonyl (C=O) groups excluding carboxylic acids is 1. The molecule has 1 unspecified atom stereocenters. The van der Waals surface area contributed by atoms with Crippen LogP contribution in [-0.2, 0) is 11.3 Å². The Labute approximate surface area is 148 Å². The number of hydrogen-bond donors (Lipinski definition) is 1. The molecule has 0 bridgehead atoms. The van der Waals surface area contributed by atoms with Gasteiger partial charge in [-0.15, -0.1) is 11.8 Å². The SMILES string of the molecule is CSc1nccnc1CNCC1CCCCN1C(=O)OC(C)(C)C. The largest absolute Gasteiger partial charge is 0.444 e. The van der Waals surface area contributed by atoms with Crippen molar-refractivity contribution in [1.29, 1.82) is 0 Å². The zero-order valence-electron chi connectivity index (χ0n) is 15.0. The first kappa shape index (κ1) is 19.0. The molecule has 1 aliphatic heterocycles. The van der Waals surface area contributed by atoms with E-state index in [-0.39, 0.29) is 12.1 Å². The summed E-state index contributed by atoms with van der Waals surface area (Å²) in [7, 11) is 0. The molecule has 134 valence electrons. The second-order valence-corrected chi connectivity index (χ2v) is 7.76. The summed E-state index contributed by atoms with van der Waals surface area (Å²) in [5, 5.41) is 4.37. The van der Waals surface area contributed by atoms with E-state index >= 15 is 0 Å². The van der Waals surface area contributed by atoms with Crippen LogP contribution in [0.4, 0.5) is 4.79 Å². The van der Waals surface area contributed by atoms with E-state index in [0.29, 0.717) is 6.54 Å². The molecule has 0 saturated carbocycles. The highest BCUT2D eigenvalue weighted by atomic mass is 32.2. The van der Waals surface area contributed by atoms with Crippen LogP contribution in [0.25, 0.3) is 0 Å². The molecular weight excluding hydrogens is 324 g/mol. The number of thioether (sulfide) groups is 1. The topological polar surface area (TPSA) is 67.4 Å². The fourth-order valence-corrected chi connectivity index (χ4v) is 3.30. The molecule has 0 aromatic carbocycles. The number of nitrogens with zero attached hydrogens (tertiary/aromatic N) is 3. The second-order valence-electron chi connectivity index (χ2n) is 6.97. The predicted molar refractivity (Wildman–Crippen MR) is 96.1 cm³/mol. The highest BCUT2D eigenvalue weighted by molar-refractivity contribution is 7.98. The predicted octanol–water partition coefficient (Wildman–Crippen LogP) is 3.08. The Kier molecular flexibility index (Phi) is 6.86. The fraction of sp³-hybridized carbons (Fsp3) is 0.706. The van der Waals surface area contributed by atoms with Crippen LogP contribution in [0.15, 0.2) is 17.4 Å². The average molecular weight is 353 g/mol. The molecule has 0 radical (unpaired) electrons. The summed E-state index contributed by atoms with van der Waals surface area (Å²) < 4.78 is 5.54. The van der Waals surface area contributed by atoms with E-state index in [2.05, 4.69) is 15.3 Å². The van der Waals surface area contributed by atoms with Gasteiger partial charge in [-0.05, 0) is 46.3 Å². The van der Waals surface area contributed by atoms with E-state index in [0.717, 1.165) is 43.1 Å². The molecule has 0 spiro atoms. The Morgan fingerprint density at radius 3 is 2.83 bits per heavy atom. The Morgan fingerprint density at radius 1 is 1.38 bits per heavy atom. The van der Waals surface area contributed by atoms with Gasteiger partial charge in [-0.3, -0.25) is 4.98 Å². The second kappa shape index (κ2) is 8.67. The first-order chi connectivity index (χ1) is 11.4. The summed E-state index contributed by atoms with van der Waals surface area (Å²) >= 11 is 1.60. The molecule has 2 heterocycles. The number of carbonyl (C=O) groups is 1. The van der Waals surface area contributed by atoms with E-state index < -0.39 is 5.60 Å². The fourth-order valence-electron chi connectivity index (χ4n) is 2.78. The van der Waals surface area contributed by atoms with Crippen molar-refractivity contribution in [3.05, 3.63) is 18.1 Å². The minimum atomic E-state index is -0.459. The van der Waals surface area contributed by atoms with Gasteiger partial charge in [-0.2, -0.15) is 0 Å². The van der Waals surface area contributed by atoms with Crippen molar-refractivity contribution >= 4 is 17.9 Å². The van der Waals surface area contributed by atoms with Crippen LogP contribution >= 0.6 is 11.8 Å². The summed E-state index contributed by atoms with van der Waals surface area (Å²) in [6.07, 6.45) is 8.40. The van der Waals surface area contributed by atoms with Gasteiger partial charge in [0, 0.05) is 38.1 Å². The van der Waals surface area contributed by atoms with Gasteiger partial charge < -0.3 is 15.0 Å².